The smallest absolute Gasteiger partial charge is 0.126 e. The van der Waals surface area contributed by atoms with Gasteiger partial charge in [0.15, 0.2) is 0 Å². The Kier molecular flexibility index (Phi) is 9.24. The Bertz CT molecular complexity index is 779. The number of aliphatic hydroxyl groups is 1. The largest absolute Gasteiger partial charge is 0.494 e. The third-order valence-corrected chi connectivity index (χ3v) is 6.02. The number of benzene rings is 2. The van der Waals surface area contributed by atoms with Crippen LogP contribution in [0, 0.1) is 5.92 Å². The Morgan fingerprint density at radius 2 is 1.70 bits per heavy atom. The van der Waals surface area contributed by atoms with Gasteiger partial charge in [0.25, 0.3) is 0 Å². The molecule has 1 unspecified atom stereocenters. The van der Waals surface area contributed by atoms with Crippen LogP contribution in [0.4, 0.5) is 0 Å². The van der Waals surface area contributed by atoms with Crippen molar-refractivity contribution in [1.29, 1.82) is 0 Å². The van der Waals surface area contributed by atoms with Crippen LogP contribution in [-0.2, 0) is 4.74 Å². The van der Waals surface area contributed by atoms with Gasteiger partial charge in [-0.3, -0.25) is 0 Å². The monoisotopic (exact) mass is 404 g/mol. The zero-order valence-electron chi connectivity index (χ0n) is 18.2. The zero-order chi connectivity index (χ0) is 21.0. The quantitative estimate of drug-likeness (QED) is 0.236. The molecule has 1 saturated carbocycles. The molecular formula is C28H36O2. The van der Waals surface area contributed by atoms with Gasteiger partial charge in [0.2, 0.25) is 0 Å². The Hall–Kier alpha value is -2.32. The maximum Gasteiger partial charge on any atom is 0.126 e. The molecule has 0 amide bonds. The van der Waals surface area contributed by atoms with Crippen LogP contribution < -0.4 is 0 Å². The van der Waals surface area contributed by atoms with Gasteiger partial charge in [-0.25, -0.2) is 0 Å². The third kappa shape index (κ3) is 6.88. The number of rotatable bonds is 11. The zero-order valence-corrected chi connectivity index (χ0v) is 18.2. The van der Waals surface area contributed by atoms with Crippen LogP contribution in [0.1, 0.15) is 81.6 Å². The predicted molar refractivity (Wildman–Crippen MR) is 125 cm³/mol. The van der Waals surface area contributed by atoms with Gasteiger partial charge in [-0.15, -0.1) is 0 Å². The van der Waals surface area contributed by atoms with E-state index in [1.54, 1.807) is 5.57 Å². The van der Waals surface area contributed by atoms with Crippen molar-refractivity contribution in [2.45, 2.75) is 70.5 Å². The fourth-order valence-electron chi connectivity index (χ4n) is 4.24. The predicted octanol–water partition coefficient (Wildman–Crippen LogP) is 7.69. The topological polar surface area (TPSA) is 29.5 Å². The average Bonchev–Trinajstić information content (AvgIpc) is 3.24. The van der Waals surface area contributed by atoms with E-state index in [0.29, 0.717) is 12.3 Å². The molecule has 2 aromatic rings. The summed E-state index contributed by atoms with van der Waals surface area (Å²) in [4.78, 5) is 0. The Morgan fingerprint density at radius 1 is 1.00 bits per heavy atom. The number of allylic oxidation sites excluding steroid dienone is 3. The second kappa shape index (κ2) is 12.4. The van der Waals surface area contributed by atoms with Crippen molar-refractivity contribution in [2.75, 3.05) is 0 Å². The minimum Gasteiger partial charge on any atom is -0.494 e. The minimum absolute atomic E-state index is 0.170. The second-order valence-corrected chi connectivity index (χ2v) is 8.30. The van der Waals surface area contributed by atoms with Gasteiger partial charge in [0, 0.05) is 12.3 Å². The molecule has 0 heterocycles. The van der Waals surface area contributed by atoms with E-state index in [1.165, 1.54) is 44.9 Å². The molecule has 0 bridgehead atoms. The normalized spacial score (nSPS) is 19.9. The molecule has 0 spiro atoms. The summed E-state index contributed by atoms with van der Waals surface area (Å²) in [5.41, 5.74) is 3.60. The summed E-state index contributed by atoms with van der Waals surface area (Å²) in [5.74, 6) is 0.502. The lowest BCUT2D eigenvalue weighted by atomic mass is 9.98. The molecule has 3 rings (SSSR count). The molecule has 2 nitrogen and oxygen atoms in total. The van der Waals surface area contributed by atoms with Gasteiger partial charge in [0.1, 0.15) is 6.10 Å². The fourth-order valence-corrected chi connectivity index (χ4v) is 4.24. The summed E-state index contributed by atoms with van der Waals surface area (Å²) in [5, 5.41) is 10.7. The lowest BCUT2D eigenvalue weighted by Crippen LogP contribution is -2.08. The molecule has 0 radical (unpaired) electrons. The van der Waals surface area contributed by atoms with Crippen molar-refractivity contribution in [1.82, 2.24) is 0 Å². The van der Waals surface area contributed by atoms with Crippen LogP contribution in [0.25, 0.3) is 0 Å². The first-order valence-electron chi connectivity index (χ1n) is 11.6. The van der Waals surface area contributed by atoms with Crippen molar-refractivity contribution >= 4 is 0 Å². The molecule has 0 aromatic heterocycles. The van der Waals surface area contributed by atoms with Crippen LogP contribution in [0.2, 0.25) is 0 Å². The molecule has 1 fully saturated rings. The van der Waals surface area contributed by atoms with Crippen LogP contribution in [-0.4, -0.2) is 5.11 Å². The maximum absolute atomic E-state index is 10.7. The van der Waals surface area contributed by atoms with E-state index in [0.717, 1.165) is 11.1 Å². The lowest BCUT2D eigenvalue weighted by Gasteiger charge is -2.21. The third-order valence-electron chi connectivity index (χ3n) is 6.02. The maximum atomic E-state index is 10.7. The molecule has 1 aliphatic rings. The molecular weight excluding hydrogens is 368 g/mol. The lowest BCUT2D eigenvalue weighted by molar-refractivity contribution is 0.0669. The number of aliphatic hydroxyl groups excluding tert-OH is 1. The Morgan fingerprint density at radius 3 is 2.40 bits per heavy atom. The Labute approximate surface area is 182 Å². The SMILES string of the molecule is CCCCC/C=C1\CCCC1/C=C\O[C@H](C[C@@H](O)c1ccccc1)c1ccccc1. The van der Waals surface area contributed by atoms with Gasteiger partial charge in [-0.05, 0) is 49.3 Å². The standard InChI is InChI=1S/C28H36O2/c1-2-3-4-7-13-23-18-12-19-24(23)20-21-30-28(26-16-10-6-11-17-26)22-27(29)25-14-8-5-9-15-25/h5-6,8-11,13-17,20-21,24,27-29H,2-4,7,12,18-19,22H2,1H3/b21-20-,23-13+/t24?,27-,28-/m1/s1. The fraction of sp³-hybridized carbons (Fsp3) is 0.429. The van der Waals surface area contributed by atoms with Crippen LogP contribution in [0.5, 0.6) is 0 Å². The van der Waals surface area contributed by atoms with E-state index in [1.807, 2.05) is 54.8 Å². The minimum atomic E-state index is -0.551. The number of hydrogen-bond acceptors (Lipinski definition) is 2. The summed E-state index contributed by atoms with van der Waals surface area (Å²) >= 11 is 0. The highest BCUT2D eigenvalue weighted by atomic mass is 16.5. The molecule has 2 heteroatoms. The van der Waals surface area contributed by atoms with E-state index < -0.39 is 6.10 Å². The number of unbranched alkanes of at least 4 members (excludes halogenated alkanes) is 3. The van der Waals surface area contributed by atoms with E-state index in [2.05, 4.69) is 31.2 Å². The van der Waals surface area contributed by atoms with Crippen molar-refractivity contribution in [3.8, 4) is 0 Å². The van der Waals surface area contributed by atoms with E-state index >= 15 is 0 Å². The first-order chi connectivity index (χ1) is 14.8. The van der Waals surface area contributed by atoms with E-state index in [-0.39, 0.29) is 6.10 Å². The summed E-state index contributed by atoms with van der Waals surface area (Å²) in [7, 11) is 0. The molecule has 2 aromatic carbocycles. The van der Waals surface area contributed by atoms with Gasteiger partial charge < -0.3 is 9.84 Å². The highest BCUT2D eigenvalue weighted by molar-refractivity contribution is 5.22. The average molecular weight is 405 g/mol. The molecule has 0 aliphatic heterocycles. The van der Waals surface area contributed by atoms with Crippen molar-refractivity contribution < 1.29 is 9.84 Å². The number of ether oxygens (including phenoxy) is 1. The molecule has 30 heavy (non-hydrogen) atoms. The highest BCUT2D eigenvalue weighted by Crippen LogP contribution is 2.34. The van der Waals surface area contributed by atoms with Crippen LogP contribution >= 0.6 is 0 Å². The van der Waals surface area contributed by atoms with Gasteiger partial charge >= 0.3 is 0 Å². The highest BCUT2D eigenvalue weighted by Gasteiger charge is 2.20. The second-order valence-electron chi connectivity index (χ2n) is 8.30. The summed E-state index contributed by atoms with van der Waals surface area (Å²) in [6.07, 6.45) is 15.2. The van der Waals surface area contributed by atoms with Gasteiger partial charge in [0.05, 0.1) is 12.4 Å². The Balaban J connectivity index is 1.63. The molecule has 1 aliphatic carbocycles. The van der Waals surface area contributed by atoms with Crippen molar-refractivity contribution in [2.24, 2.45) is 5.92 Å². The van der Waals surface area contributed by atoms with Crippen LogP contribution in [0.3, 0.4) is 0 Å². The first-order valence-corrected chi connectivity index (χ1v) is 11.6. The molecule has 0 saturated heterocycles. The van der Waals surface area contributed by atoms with E-state index in [9.17, 15) is 5.11 Å². The summed E-state index contributed by atoms with van der Waals surface area (Å²) in [6.45, 7) is 2.25. The van der Waals surface area contributed by atoms with Crippen LogP contribution in [0.15, 0.2) is 84.7 Å². The first kappa shape index (κ1) is 22.4. The van der Waals surface area contributed by atoms with Gasteiger partial charge in [-0.1, -0.05) is 92.1 Å². The molecule has 3 atom stereocenters. The summed E-state index contributed by atoms with van der Waals surface area (Å²) < 4.78 is 6.21. The molecule has 1 N–H and O–H groups in total. The van der Waals surface area contributed by atoms with E-state index in [4.69, 9.17) is 4.74 Å². The number of hydrogen-bond donors (Lipinski definition) is 1. The molecule has 160 valence electrons. The summed E-state index contributed by atoms with van der Waals surface area (Å²) in [6, 6.07) is 20.0. The van der Waals surface area contributed by atoms with Crippen molar-refractivity contribution in [3.63, 3.8) is 0 Å². The van der Waals surface area contributed by atoms with Gasteiger partial charge in [-0.2, -0.15) is 0 Å². The van der Waals surface area contributed by atoms with Crippen molar-refractivity contribution in [3.05, 3.63) is 95.8 Å².